The molecule has 48 valence electrons. The van der Waals surface area contributed by atoms with Crippen LogP contribution >= 0.6 is 0 Å². The molecule has 8 heavy (non-hydrogen) atoms. The minimum Gasteiger partial charge on any atom is -0.303 e. The number of alkyl halides is 3. The topological polar surface area (TPSA) is 17.1 Å². The third kappa shape index (κ3) is 1.95. The minimum absolute atomic E-state index is 0.0787. The molecule has 0 saturated carbocycles. The van der Waals surface area contributed by atoms with Crippen LogP contribution in [0.1, 0.15) is 0 Å². The van der Waals surface area contributed by atoms with Crippen molar-refractivity contribution in [2.45, 2.75) is 6.43 Å². The molecular weight excluding hydrogens is 121 g/mol. The average molecular weight is 126 g/mol. The standard InChI is InChI=1S/C4H5F3O/c5-1-3(2-8)4(6)7/h2-4H,1H2. The molecule has 1 nitrogen and oxygen atoms in total. The van der Waals surface area contributed by atoms with Gasteiger partial charge < -0.3 is 4.79 Å². The molecule has 0 bridgehead atoms. The highest BCUT2D eigenvalue weighted by Crippen LogP contribution is 2.06. The monoisotopic (exact) mass is 126 g/mol. The predicted molar refractivity (Wildman–Crippen MR) is 21.5 cm³/mol. The van der Waals surface area contributed by atoms with Crippen molar-refractivity contribution in [3.8, 4) is 0 Å². The van der Waals surface area contributed by atoms with E-state index in [1.165, 1.54) is 0 Å². The Morgan fingerprint density at radius 3 is 2.00 bits per heavy atom. The quantitative estimate of drug-likeness (QED) is 0.516. The van der Waals surface area contributed by atoms with Crippen molar-refractivity contribution in [1.82, 2.24) is 0 Å². The molecule has 0 aromatic carbocycles. The van der Waals surface area contributed by atoms with Gasteiger partial charge in [0.2, 0.25) is 0 Å². The number of halogens is 3. The fourth-order valence-electron chi connectivity index (χ4n) is 0.163. The molecular formula is C4H5F3O. The van der Waals surface area contributed by atoms with Gasteiger partial charge >= 0.3 is 0 Å². The van der Waals surface area contributed by atoms with Crippen LogP contribution in [0.25, 0.3) is 0 Å². The number of hydrogen-bond donors (Lipinski definition) is 0. The van der Waals surface area contributed by atoms with Gasteiger partial charge in [0.1, 0.15) is 18.9 Å². The highest BCUT2D eigenvalue weighted by Gasteiger charge is 2.18. The van der Waals surface area contributed by atoms with Crippen LogP contribution in [0.4, 0.5) is 13.2 Å². The van der Waals surface area contributed by atoms with Crippen molar-refractivity contribution >= 4 is 6.29 Å². The van der Waals surface area contributed by atoms with E-state index in [1.807, 2.05) is 0 Å². The summed E-state index contributed by atoms with van der Waals surface area (Å²) in [6.45, 7) is -1.28. The van der Waals surface area contributed by atoms with E-state index in [-0.39, 0.29) is 6.29 Å². The van der Waals surface area contributed by atoms with Crippen molar-refractivity contribution < 1.29 is 18.0 Å². The van der Waals surface area contributed by atoms with Crippen molar-refractivity contribution in [3.63, 3.8) is 0 Å². The molecule has 0 aromatic heterocycles. The lowest BCUT2D eigenvalue weighted by Gasteiger charge is -1.99. The lowest BCUT2D eigenvalue weighted by molar-refractivity contribution is -0.115. The average Bonchev–Trinajstić information content (AvgIpc) is 1.69. The second-order valence-corrected chi connectivity index (χ2v) is 1.29. The van der Waals surface area contributed by atoms with Crippen LogP contribution in [0.15, 0.2) is 0 Å². The normalized spacial score (nSPS) is 14.0. The summed E-state index contributed by atoms with van der Waals surface area (Å²) in [6, 6.07) is 0. The molecule has 0 aliphatic carbocycles. The van der Waals surface area contributed by atoms with Gasteiger partial charge in [0.15, 0.2) is 0 Å². The lowest BCUT2D eigenvalue weighted by Crippen LogP contribution is -2.14. The molecule has 1 unspecified atom stereocenters. The summed E-state index contributed by atoms with van der Waals surface area (Å²) < 4.78 is 33.7. The van der Waals surface area contributed by atoms with Crippen molar-refractivity contribution in [3.05, 3.63) is 0 Å². The Morgan fingerprint density at radius 2 is 2.00 bits per heavy atom. The minimum atomic E-state index is -2.86. The Kier molecular flexibility index (Phi) is 3.23. The maximum Gasteiger partial charge on any atom is 0.250 e. The summed E-state index contributed by atoms with van der Waals surface area (Å²) >= 11 is 0. The Labute approximate surface area is 44.5 Å². The first-order chi connectivity index (χ1) is 3.72. The molecule has 0 saturated heterocycles. The number of carbonyl (C=O) groups excluding carboxylic acids is 1. The SMILES string of the molecule is O=CC(CF)C(F)F. The molecule has 0 N–H and O–H groups in total. The van der Waals surface area contributed by atoms with Crippen LogP contribution in [0.3, 0.4) is 0 Å². The second kappa shape index (κ2) is 3.46. The zero-order valence-corrected chi connectivity index (χ0v) is 3.98. The zero-order valence-electron chi connectivity index (χ0n) is 3.98. The van der Waals surface area contributed by atoms with Gasteiger partial charge in [-0.2, -0.15) is 0 Å². The van der Waals surface area contributed by atoms with Gasteiger partial charge in [-0.05, 0) is 0 Å². The summed E-state index contributed by atoms with van der Waals surface area (Å²) in [5.74, 6) is -1.73. The van der Waals surface area contributed by atoms with E-state index in [4.69, 9.17) is 0 Å². The summed E-state index contributed by atoms with van der Waals surface area (Å²) in [5.41, 5.74) is 0. The van der Waals surface area contributed by atoms with Gasteiger partial charge in [-0.15, -0.1) is 0 Å². The molecule has 1 atom stereocenters. The maximum absolute atomic E-state index is 11.2. The van der Waals surface area contributed by atoms with E-state index in [0.29, 0.717) is 0 Å². The lowest BCUT2D eigenvalue weighted by atomic mass is 10.2. The van der Waals surface area contributed by atoms with E-state index in [1.54, 1.807) is 0 Å². The predicted octanol–water partition coefficient (Wildman–Crippen LogP) is 1.04. The first kappa shape index (κ1) is 7.46. The van der Waals surface area contributed by atoms with Crippen molar-refractivity contribution in [2.75, 3.05) is 6.67 Å². The number of rotatable bonds is 3. The van der Waals surface area contributed by atoms with Gasteiger partial charge in [-0.25, -0.2) is 8.78 Å². The van der Waals surface area contributed by atoms with Gasteiger partial charge in [0.05, 0.1) is 0 Å². The number of hydrogen-bond acceptors (Lipinski definition) is 1. The summed E-state index contributed by atoms with van der Waals surface area (Å²) in [4.78, 5) is 9.46. The highest BCUT2D eigenvalue weighted by molar-refractivity contribution is 5.54. The van der Waals surface area contributed by atoms with Crippen LogP contribution in [-0.4, -0.2) is 19.4 Å². The molecule has 0 heterocycles. The molecule has 0 rings (SSSR count). The molecule has 0 aromatic rings. The van der Waals surface area contributed by atoms with Gasteiger partial charge in [0.25, 0.3) is 6.43 Å². The smallest absolute Gasteiger partial charge is 0.250 e. The fourth-order valence-corrected chi connectivity index (χ4v) is 0.163. The zero-order chi connectivity index (χ0) is 6.57. The Hall–Kier alpha value is -0.540. The molecule has 0 radical (unpaired) electrons. The summed E-state index contributed by atoms with van der Waals surface area (Å²) in [5, 5.41) is 0. The van der Waals surface area contributed by atoms with Crippen LogP contribution < -0.4 is 0 Å². The van der Waals surface area contributed by atoms with E-state index >= 15 is 0 Å². The van der Waals surface area contributed by atoms with Crippen LogP contribution in [0.2, 0.25) is 0 Å². The van der Waals surface area contributed by atoms with Crippen LogP contribution in [-0.2, 0) is 4.79 Å². The number of carbonyl (C=O) groups is 1. The van der Waals surface area contributed by atoms with E-state index < -0.39 is 19.0 Å². The third-order valence-electron chi connectivity index (χ3n) is 0.677. The van der Waals surface area contributed by atoms with Gasteiger partial charge in [0, 0.05) is 0 Å². The molecule has 0 spiro atoms. The summed E-state index contributed by atoms with van der Waals surface area (Å²) in [6.07, 6.45) is -2.94. The first-order valence-electron chi connectivity index (χ1n) is 2.01. The second-order valence-electron chi connectivity index (χ2n) is 1.29. The fraction of sp³-hybridized carbons (Fsp3) is 0.750. The van der Waals surface area contributed by atoms with E-state index in [0.717, 1.165) is 0 Å². The molecule has 0 fully saturated rings. The van der Waals surface area contributed by atoms with E-state index in [2.05, 4.69) is 0 Å². The van der Waals surface area contributed by atoms with Gasteiger partial charge in [-0.3, -0.25) is 4.39 Å². The Bertz CT molecular complexity index is 73.7. The van der Waals surface area contributed by atoms with Crippen molar-refractivity contribution in [2.24, 2.45) is 5.92 Å². The third-order valence-corrected chi connectivity index (χ3v) is 0.677. The number of aldehydes is 1. The van der Waals surface area contributed by atoms with Crippen LogP contribution in [0.5, 0.6) is 0 Å². The summed E-state index contributed by atoms with van der Waals surface area (Å²) in [7, 11) is 0. The van der Waals surface area contributed by atoms with Crippen molar-refractivity contribution in [1.29, 1.82) is 0 Å². The van der Waals surface area contributed by atoms with Crippen LogP contribution in [0, 0.1) is 5.92 Å². The molecule has 0 amide bonds. The molecule has 0 aliphatic heterocycles. The largest absolute Gasteiger partial charge is 0.303 e. The molecule has 0 aliphatic rings. The van der Waals surface area contributed by atoms with Gasteiger partial charge in [-0.1, -0.05) is 0 Å². The molecule has 4 heteroatoms. The Balaban J connectivity index is 3.51. The Morgan fingerprint density at radius 1 is 1.50 bits per heavy atom. The first-order valence-corrected chi connectivity index (χ1v) is 2.01. The van der Waals surface area contributed by atoms with E-state index in [9.17, 15) is 18.0 Å². The highest BCUT2D eigenvalue weighted by atomic mass is 19.3. The maximum atomic E-state index is 11.2.